The summed E-state index contributed by atoms with van der Waals surface area (Å²) in [6, 6.07) is 0. The van der Waals surface area contributed by atoms with Crippen molar-refractivity contribution in [3.63, 3.8) is 0 Å². The molecule has 14 heavy (non-hydrogen) atoms. The van der Waals surface area contributed by atoms with E-state index in [1.807, 2.05) is 0 Å². The molecule has 86 valence electrons. The molecule has 0 heterocycles. The molecule has 0 aliphatic carbocycles. The molecule has 0 aliphatic heterocycles. The van der Waals surface area contributed by atoms with Crippen molar-refractivity contribution in [3.05, 3.63) is 0 Å². The summed E-state index contributed by atoms with van der Waals surface area (Å²) in [4.78, 5) is 0. The monoisotopic (exact) mass is 220 g/mol. The second kappa shape index (κ2) is 11.3. The van der Waals surface area contributed by atoms with Gasteiger partial charge in [0.15, 0.2) is 0 Å². The van der Waals surface area contributed by atoms with Crippen LogP contribution in [0.15, 0.2) is 0 Å². The summed E-state index contributed by atoms with van der Waals surface area (Å²) in [7, 11) is 0. The van der Waals surface area contributed by atoms with Crippen LogP contribution in [0.4, 0.5) is 0 Å². The van der Waals surface area contributed by atoms with Crippen molar-refractivity contribution in [3.8, 4) is 0 Å². The Labute approximate surface area is 94.3 Å². The lowest BCUT2D eigenvalue weighted by atomic mass is 10.0. The molecule has 0 bridgehead atoms. The average Bonchev–Trinajstić information content (AvgIpc) is 2.21. The minimum Gasteiger partial charge on any atom is -0.276 e. The Morgan fingerprint density at radius 1 is 0.857 bits per heavy atom. The van der Waals surface area contributed by atoms with Gasteiger partial charge in [-0.05, 0) is 12.8 Å². The summed E-state index contributed by atoms with van der Waals surface area (Å²) in [5.41, 5.74) is 0. The van der Waals surface area contributed by atoms with E-state index in [1.165, 1.54) is 38.5 Å². The van der Waals surface area contributed by atoms with Gasteiger partial charge in [0.1, 0.15) is 0 Å². The number of unbranched alkanes of at least 4 members (excludes halogenated alkanes) is 5. The second-order valence-corrected chi connectivity index (χ2v) is 4.23. The summed E-state index contributed by atoms with van der Waals surface area (Å²) in [6.45, 7) is 4.42. The van der Waals surface area contributed by atoms with Crippen molar-refractivity contribution in [2.24, 2.45) is 0 Å². The highest BCUT2D eigenvalue weighted by atomic mass is 35.5. The molecule has 0 spiro atoms. The van der Waals surface area contributed by atoms with Crippen molar-refractivity contribution in [2.75, 3.05) is 0 Å². The van der Waals surface area contributed by atoms with Crippen molar-refractivity contribution in [2.45, 2.75) is 77.7 Å². The summed E-state index contributed by atoms with van der Waals surface area (Å²) in [5.74, 6) is 0. The van der Waals surface area contributed by atoms with Gasteiger partial charge in [0.25, 0.3) is 0 Å². The first-order valence-electron chi connectivity index (χ1n) is 6.12. The van der Waals surface area contributed by atoms with Gasteiger partial charge in [-0.15, -0.1) is 0 Å². The molecular formula is C12H25ClO. The zero-order valence-corrected chi connectivity index (χ0v) is 10.5. The third-order valence-electron chi connectivity index (χ3n) is 2.62. The average molecular weight is 221 g/mol. The Kier molecular flexibility index (Phi) is 11.5. The van der Waals surface area contributed by atoms with Crippen molar-refractivity contribution in [1.29, 1.82) is 0 Å². The van der Waals surface area contributed by atoms with E-state index in [9.17, 15) is 0 Å². The van der Waals surface area contributed by atoms with Gasteiger partial charge in [0, 0.05) is 0 Å². The van der Waals surface area contributed by atoms with E-state index in [2.05, 4.69) is 13.8 Å². The highest BCUT2D eigenvalue weighted by Gasteiger charge is 2.06. The van der Waals surface area contributed by atoms with E-state index in [1.54, 1.807) is 0 Å². The Hall–Kier alpha value is 0.250. The van der Waals surface area contributed by atoms with E-state index in [4.69, 9.17) is 16.2 Å². The van der Waals surface area contributed by atoms with E-state index >= 15 is 0 Å². The molecule has 0 aliphatic rings. The molecule has 0 aromatic rings. The van der Waals surface area contributed by atoms with E-state index in [0.717, 1.165) is 19.3 Å². The van der Waals surface area contributed by atoms with Crippen LogP contribution in [-0.2, 0) is 4.29 Å². The number of hydrogen-bond donors (Lipinski definition) is 0. The predicted molar refractivity (Wildman–Crippen MR) is 63.6 cm³/mol. The Morgan fingerprint density at radius 2 is 1.50 bits per heavy atom. The van der Waals surface area contributed by atoms with Crippen LogP contribution in [0.5, 0.6) is 0 Å². The third kappa shape index (κ3) is 8.83. The SMILES string of the molecule is CCCCCCCCC(CCC)OCl. The zero-order chi connectivity index (χ0) is 10.6. The molecule has 0 saturated carbocycles. The van der Waals surface area contributed by atoms with Gasteiger partial charge in [-0.25, -0.2) is 0 Å². The third-order valence-corrected chi connectivity index (χ3v) is 2.87. The number of rotatable bonds is 10. The molecule has 0 aromatic heterocycles. The maximum atomic E-state index is 5.41. The fourth-order valence-corrected chi connectivity index (χ4v) is 1.89. The summed E-state index contributed by atoms with van der Waals surface area (Å²) in [5, 5.41) is 0. The first-order valence-corrected chi connectivity index (χ1v) is 6.43. The van der Waals surface area contributed by atoms with Crippen LogP contribution in [0.3, 0.4) is 0 Å². The van der Waals surface area contributed by atoms with Gasteiger partial charge >= 0.3 is 0 Å². The van der Waals surface area contributed by atoms with Crippen molar-refractivity contribution < 1.29 is 4.29 Å². The Balaban J connectivity index is 3.15. The highest BCUT2D eigenvalue weighted by molar-refractivity contribution is 6.07. The molecule has 0 radical (unpaired) electrons. The second-order valence-electron chi connectivity index (χ2n) is 4.06. The molecule has 0 N–H and O–H groups in total. The van der Waals surface area contributed by atoms with Crippen LogP contribution >= 0.6 is 11.9 Å². The van der Waals surface area contributed by atoms with E-state index in [0.29, 0.717) is 0 Å². The molecule has 2 heteroatoms. The molecule has 0 aromatic carbocycles. The smallest absolute Gasteiger partial charge is 0.0790 e. The molecule has 0 rings (SSSR count). The molecule has 1 nitrogen and oxygen atoms in total. The van der Waals surface area contributed by atoms with Gasteiger partial charge in [-0.1, -0.05) is 58.8 Å². The molecule has 0 saturated heterocycles. The molecule has 1 atom stereocenters. The minimum absolute atomic E-state index is 0.285. The van der Waals surface area contributed by atoms with Gasteiger partial charge < -0.3 is 0 Å². The topological polar surface area (TPSA) is 9.23 Å². The quantitative estimate of drug-likeness (QED) is 0.467. The minimum atomic E-state index is 0.285. The maximum absolute atomic E-state index is 5.41. The molecule has 0 amide bonds. The van der Waals surface area contributed by atoms with Gasteiger partial charge in [0.05, 0.1) is 18.0 Å². The molecular weight excluding hydrogens is 196 g/mol. The molecule has 0 fully saturated rings. The highest BCUT2D eigenvalue weighted by Crippen LogP contribution is 2.14. The van der Waals surface area contributed by atoms with Crippen LogP contribution in [0.2, 0.25) is 0 Å². The summed E-state index contributed by atoms with van der Waals surface area (Å²) in [6.07, 6.45) is 11.7. The zero-order valence-electron chi connectivity index (χ0n) is 9.73. The summed E-state index contributed by atoms with van der Waals surface area (Å²) >= 11 is 5.41. The number of halogens is 1. The van der Waals surface area contributed by atoms with Crippen LogP contribution in [0.25, 0.3) is 0 Å². The van der Waals surface area contributed by atoms with Gasteiger partial charge in [0.2, 0.25) is 0 Å². The van der Waals surface area contributed by atoms with E-state index in [-0.39, 0.29) is 6.10 Å². The van der Waals surface area contributed by atoms with Gasteiger partial charge in [-0.3, -0.25) is 4.29 Å². The normalized spacial score (nSPS) is 13.1. The maximum Gasteiger partial charge on any atom is 0.0790 e. The van der Waals surface area contributed by atoms with Crippen molar-refractivity contribution >= 4 is 11.9 Å². The van der Waals surface area contributed by atoms with Crippen LogP contribution in [-0.4, -0.2) is 6.10 Å². The Morgan fingerprint density at radius 3 is 2.07 bits per heavy atom. The first-order chi connectivity index (χ1) is 6.85. The lowest BCUT2D eigenvalue weighted by Gasteiger charge is -2.11. The Bertz CT molecular complexity index is 106. The van der Waals surface area contributed by atoms with Crippen LogP contribution in [0.1, 0.15) is 71.6 Å². The van der Waals surface area contributed by atoms with Gasteiger partial charge in [-0.2, -0.15) is 0 Å². The predicted octanol–water partition coefficient (Wildman–Crippen LogP) is 5.08. The molecule has 1 unspecified atom stereocenters. The van der Waals surface area contributed by atoms with Crippen molar-refractivity contribution in [1.82, 2.24) is 0 Å². The fraction of sp³-hybridized carbons (Fsp3) is 1.00. The first kappa shape index (κ1) is 14.2. The lowest BCUT2D eigenvalue weighted by Crippen LogP contribution is -2.06. The lowest BCUT2D eigenvalue weighted by molar-refractivity contribution is 0.194. The standard InChI is InChI=1S/C12H25ClO/c1-3-5-6-7-8-9-11-12(14-13)10-4-2/h12H,3-11H2,1-2H3. The van der Waals surface area contributed by atoms with Crippen LogP contribution in [0, 0.1) is 0 Å². The van der Waals surface area contributed by atoms with Crippen LogP contribution < -0.4 is 0 Å². The number of hydrogen-bond acceptors (Lipinski definition) is 1. The van der Waals surface area contributed by atoms with E-state index < -0.39 is 0 Å². The fourth-order valence-electron chi connectivity index (χ4n) is 1.71. The largest absolute Gasteiger partial charge is 0.276 e. The summed E-state index contributed by atoms with van der Waals surface area (Å²) < 4.78 is 4.89.